The van der Waals surface area contributed by atoms with Gasteiger partial charge in [-0.3, -0.25) is 4.79 Å². The summed E-state index contributed by atoms with van der Waals surface area (Å²) >= 11 is 1.88. The molecule has 0 radical (unpaired) electrons. The normalized spacial score (nSPS) is 19.1. The van der Waals surface area contributed by atoms with Crippen molar-refractivity contribution in [1.82, 2.24) is 9.88 Å². The summed E-state index contributed by atoms with van der Waals surface area (Å²) in [6.45, 7) is 1.74. The fraction of sp³-hybridized carbons (Fsp3) is 0.368. The van der Waals surface area contributed by atoms with Crippen LogP contribution in [0.2, 0.25) is 0 Å². The molecular formula is C19H20N2O4S. The SMILES string of the molecule is COc1ccc(C(=O)N2CCSC(c3ccc4c(c3)OCO4)CC2)cn1. The number of benzene rings is 1. The predicted molar refractivity (Wildman–Crippen MR) is 99.1 cm³/mol. The van der Waals surface area contributed by atoms with Crippen LogP contribution >= 0.6 is 11.8 Å². The minimum atomic E-state index is 0.0205. The molecule has 1 unspecified atom stereocenters. The molecule has 1 saturated heterocycles. The Morgan fingerprint density at radius 2 is 2.12 bits per heavy atom. The number of carbonyl (C=O) groups is 1. The first-order valence-electron chi connectivity index (χ1n) is 8.55. The number of carbonyl (C=O) groups excluding carboxylic acids is 1. The molecule has 2 aliphatic heterocycles. The van der Waals surface area contributed by atoms with Crippen LogP contribution in [-0.4, -0.2) is 48.5 Å². The van der Waals surface area contributed by atoms with Crippen molar-refractivity contribution in [3.8, 4) is 17.4 Å². The van der Waals surface area contributed by atoms with Gasteiger partial charge in [0.2, 0.25) is 12.7 Å². The number of amides is 1. The van der Waals surface area contributed by atoms with Crippen LogP contribution in [0, 0.1) is 0 Å². The average Bonchev–Trinajstić information content (AvgIpc) is 3.02. The largest absolute Gasteiger partial charge is 0.481 e. The summed E-state index contributed by atoms with van der Waals surface area (Å²) in [5.74, 6) is 3.04. The maximum absolute atomic E-state index is 12.7. The Kier molecular flexibility index (Phi) is 4.88. The van der Waals surface area contributed by atoms with Crippen molar-refractivity contribution < 1.29 is 19.0 Å². The molecule has 136 valence electrons. The number of pyridine rings is 1. The molecule has 0 N–H and O–H groups in total. The summed E-state index contributed by atoms with van der Waals surface area (Å²) in [5, 5.41) is 0.344. The monoisotopic (exact) mass is 372 g/mol. The Morgan fingerprint density at radius 3 is 2.92 bits per heavy atom. The molecule has 0 bridgehead atoms. The van der Waals surface area contributed by atoms with Crippen LogP contribution in [0.4, 0.5) is 0 Å². The first kappa shape index (κ1) is 17.0. The second-order valence-corrected chi connectivity index (χ2v) is 7.45. The molecule has 1 aromatic carbocycles. The third-order valence-corrected chi connectivity index (χ3v) is 5.92. The van der Waals surface area contributed by atoms with Crippen molar-refractivity contribution in [3.63, 3.8) is 0 Å². The van der Waals surface area contributed by atoms with Gasteiger partial charge in [-0.1, -0.05) is 6.07 Å². The molecule has 1 amide bonds. The van der Waals surface area contributed by atoms with Gasteiger partial charge in [0.1, 0.15) is 0 Å². The standard InChI is InChI=1S/C19H20N2O4S/c1-23-18-5-3-14(11-20-18)19(22)21-7-6-17(26-9-8-21)13-2-4-15-16(10-13)25-12-24-15/h2-5,10-11,17H,6-9,12H2,1H3. The number of thioether (sulfide) groups is 1. The van der Waals surface area contributed by atoms with Gasteiger partial charge in [-0.15, -0.1) is 0 Å². The van der Waals surface area contributed by atoms with E-state index in [1.165, 1.54) is 5.56 Å². The molecule has 1 fully saturated rings. The topological polar surface area (TPSA) is 60.9 Å². The van der Waals surface area contributed by atoms with E-state index in [9.17, 15) is 4.79 Å². The number of nitrogens with zero attached hydrogens (tertiary/aromatic N) is 2. The molecule has 1 atom stereocenters. The quantitative estimate of drug-likeness (QED) is 0.825. The molecule has 2 aliphatic rings. The molecule has 2 aromatic rings. The Balaban J connectivity index is 1.43. The molecule has 3 heterocycles. The number of hydrogen-bond donors (Lipinski definition) is 0. The van der Waals surface area contributed by atoms with Gasteiger partial charge in [-0.05, 0) is 30.2 Å². The molecule has 0 spiro atoms. The first-order chi connectivity index (χ1) is 12.7. The lowest BCUT2D eigenvalue weighted by atomic mass is 10.1. The van der Waals surface area contributed by atoms with Gasteiger partial charge in [0.15, 0.2) is 11.5 Å². The first-order valence-corrected chi connectivity index (χ1v) is 9.60. The second-order valence-electron chi connectivity index (χ2n) is 6.14. The van der Waals surface area contributed by atoms with Crippen LogP contribution in [0.25, 0.3) is 0 Å². The Hall–Kier alpha value is -2.41. The van der Waals surface area contributed by atoms with Crippen LogP contribution < -0.4 is 14.2 Å². The fourth-order valence-corrected chi connectivity index (χ4v) is 4.38. The minimum Gasteiger partial charge on any atom is -0.481 e. The number of methoxy groups -OCH3 is 1. The van der Waals surface area contributed by atoms with Gasteiger partial charge in [0, 0.05) is 36.4 Å². The summed E-state index contributed by atoms with van der Waals surface area (Å²) < 4.78 is 15.9. The van der Waals surface area contributed by atoms with Crippen molar-refractivity contribution >= 4 is 17.7 Å². The van der Waals surface area contributed by atoms with E-state index in [4.69, 9.17) is 14.2 Å². The Bertz CT molecular complexity index is 797. The molecule has 4 rings (SSSR count). The highest BCUT2D eigenvalue weighted by atomic mass is 32.2. The maximum atomic E-state index is 12.7. The second kappa shape index (κ2) is 7.45. The lowest BCUT2D eigenvalue weighted by Gasteiger charge is -2.20. The third-order valence-electron chi connectivity index (χ3n) is 4.59. The van der Waals surface area contributed by atoms with Crippen molar-refractivity contribution in [3.05, 3.63) is 47.7 Å². The van der Waals surface area contributed by atoms with Crippen molar-refractivity contribution in [2.75, 3.05) is 32.7 Å². The molecular weight excluding hydrogens is 352 g/mol. The fourth-order valence-electron chi connectivity index (χ4n) is 3.16. The molecule has 26 heavy (non-hydrogen) atoms. The number of ether oxygens (including phenoxy) is 3. The highest BCUT2D eigenvalue weighted by Gasteiger charge is 2.24. The Morgan fingerprint density at radius 1 is 1.23 bits per heavy atom. The smallest absolute Gasteiger partial charge is 0.255 e. The van der Waals surface area contributed by atoms with Gasteiger partial charge < -0.3 is 19.1 Å². The number of hydrogen-bond acceptors (Lipinski definition) is 6. The zero-order valence-electron chi connectivity index (χ0n) is 14.5. The van der Waals surface area contributed by atoms with Gasteiger partial charge in [0.25, 0.3) is 5.91 Å². The maximum Gasteiger partial charge on any atom is 0.255 e. The highest BCUT2D eigenvalue weighted by Crippen LogP contribution is 2.40. The summed E-state index contributed by atoms with van der Waals surface area (Å²) in [6, 6.07) is 9.60. The van der Waals surface area contributed by atoms with E-state index in [2.05, 4.69) is 17.1 Å². The van der Waals surface area contributed by atoms with Crippen molar-refractivity contribution in [2.24, 2.45) is 0 Å². The van der Waals surface area contributed by atoms with Crippen molar-refractivity contribution in [1.29, 1.82) is 0 Å². The number of aromatic nitrogens is 1. The Labute approximate surface area is 156 Å². The van der Waals surface area contributed by atoms with E-state index in [0.717, 1.165) is 36.8 Å². The molecule has 0 saturated carbocycles. The van der Waals surface area contributed by atoms with E-state index in [0.29, 0.717) is 16.7 Å². The zero-order valence-corrected chi connectivity index (χ0v) is 15.3. The summed E-state index contributed by atoms with van der Waals surface area (Å²) in [7, 11) is 1.56. The molecule has 7 heteroatoms. The summed E-state index contributed by atoms with van der Waals surface area (Å²) in [4.78, 5) is 18.8. The van der Waals surface area contributed by atoms with E-state index in [1.54, 1.807) is 25.4 Å². The van der Waals surface area contributed by atoms with E-state index in [-0.39, 0.29) is 12.7 Å². The van der Waals surface area contributed by atoms with Crippen LogP contribution in [-0.2, 0) is 0 Å². The van der Waals surface area contributed by atoms with E-state index >= 15 is 0 Å². The predicted octanol–water partition coefficient (Wildman–Crippen LogP) is 3.14. The lowest BCUT2D eigenvalue weighted by Crippen LogP contribution is -2.33. The van der Waals surface area contributed by atoms with Gasteiger partial charge in [-0.25, -0.2) is 4.98 Å². The van der Waals surface area contributed by atoms with Crippen LogP contribution in [0.5, 0.6) is 17.4 Å². The number of rotatable bonds is 3. The third kappa shape index (κ3) is 3.44. The average molecular weight is 372 g/mol. The minimum absolute atomic E-state index is 0.0205. The molecule has 0 aliphatic carbocycles. The lowest BCUT2D eigenvalue weighted by molar-refractivity contribution is 0.0766. The van der Waals surface area contributed by atoms with Crippen molar-refractivity contribution in [2.45, 2.75) is 11.7 Å². The summed E-state index contributed by atoms with van der Waals surface area (Å²) in [5.41, 5.74) is 1.82. The number of fused-ring (bicyclic) bond motifs is 1. The van der Waals surface area contributed by atoms with E-state index in [1.807, 2.05) is 22.7 Å². The summed E-state index contributed by atoms with van der Waals surface area (Å²) in [6.07, 6.45) is 2.48. The highest BCUT2D eigenvalue weighted by molar-refractivity contribution is 7.99. The molecule has 6 nitrogen and oxygen atoms in total. The van der Waals surface area contributed by atoms with Crippen LogP contribution in [0.1, 0.15) is 27.6 Å². The van der Waals surface area contributed by atoms with Gasteiger partial charge in [-0.2, -0.15) is 11.8 Å². The van der Waals surface area contributed by atoms with Gasteiger partial charge in [0.05, 0.1) is 12.7 Å². The van der Waals surface area contributed by atoms with Crippen LogP contribution in [0.3, 0.4) is 0 Å². The molecule has 1 aromatic heterocycles. The van der Waals surface area contributed by atoms with E-state index < -0.39 is 0 Å². The van der Waals surface area contributed by atoms with Gasteiger partial charge >= 0.3 is 0 Å². The van der Waals surface area contributed by atoms with Crippen LogP contribution in [0.15, 0.2) is 36.5 Å². The zero-order chi connectivity index (χ0) is 17.9.